The monoisotopic (exact) mass is 540 g/mol. The highest BCUT2D eigenvalue weighted by atomic mass is 19.1. The first-order valence-electron chi connectivity index (χ1n) is 13.4. The van der Waals surface area contributed by atoms with Crippen LogP contribution in [-0.2, 0) is 11.2 Å². The summed E-state index contributed by atoms with van der Waals surface area (Å²) in [6, 6.07) is 21.5. The first kappa shape index (κ1) is 27.1. The third-order valence-corrected chi connectivity index (χ3v) is 6.51. The molecule has 0 bridgehead atoms. The van der Waals surface area contributed by atoms with E-state index in [2.05, 4.69) is 51.8 Å². The van der Waals surface area contributed by atoms with Gasteiger partial charge in [0.15, 0.2) is 11.6 Å². The molecule has 2 heterocycles. The minimum absolute atomic E-state index is 0.231. The Morgan fingerprint density at radius 1 is 1.02 bits per heavy atom. The van der Waals surface area contributed by atoms with E-state index in [1.54, 1.807) is 18.3 Å². The number of nitrogens with zero attached hydrogens (tertiary/aromatic N) is 4. The van der Waals surface area contributed by atoms with Gasteiger partial charge < -0.3 is 20.1 Å². The average Bonchev–Trinajstić information content (AvgIpc) is 2.95. The second kappa shape index (κ2) is 12.6. The predicted octanol–water partition coefficient (Wildman–Crippen LogP) is 6.21. The highest BCUT2D eigenvalue weighted by molar-refractivity contribution is 5.84. The Balaban J connectivity index is 1.31. The molecular formula is C31H33FN6O2. The van der Waals surface area contributed by atoms with Gasteiger partial charge in [-0.3, -0.25) is 0 Å². The molecule has 40 heavy (non-hydrogen) atoms. The highest BCUT2D eigenvalue weighted by Gasteiger charge is 2.17. The van der Waals surface area contributed by atoms with Crippen molar-refractivity contribution in [1.29, 1.82) is 0 Å². The third kappa shape index (κ3) is 6.92. The molecule has 4 aromatic rings. The van der Waals surface area contributed by atoms with E-state index in [0.717, 1.165) is 46.2 Å². The Labute approximate surface area is 233 Å². The van der Waals surface area contributed by atoms with Crippen LogP contribution in [0.25, 0.3) is 11.1 Å². The molecule has 0 spiro atoms. The van der Waals surface area contributed by atoms with Gasteiger partial charge in [-0.05, 0) is 71.0 Å². The van der Waals surface area contributed by atoms with Gasteiger partial charge >= 0.3 is 0 Å². The Kier molecular flexibility index (Phi) is 8.51. The van der Waals surface area contributed by atoms with Crippen LogP contribution in [0.2, 0.25) is 0 Å². The first-order valence-corrected chi connectivity index (χ1v) is 13.4. The molecule has 0 saturated carbocycles. The number of ether oxygens (including phenoxy) is 1. The van der Waals surface area contributed by atoms with Crippen LogP contribution in [0.4, 0.5) is 27.5 Å². The van der Waals surface area contributed by atoms with Gasteiger partial charge in [-0.1, -0.05) is 44.2 Å². The van der Waals surface area contributed by atoms with E-state index in [1.165, 1.54) is 0 Å². The zero-order chi connectivity index (χ0) is 27.9. The molecule has 1 aliphatic rings. The lowest BCUT2D eigenvalue weighted by Crippen LogP contribution is -2.37. The predicted molar refractivity (Wildman–Crippen MR) is 158 cm³/mol. The van der Waals surface area contributed by atoms with Gasteiger partial charge in [0, 0.05) is 24.5 Å². The van der Waals surface area contributed by atoms with E-state index >= 15 is 0 Å². The van der Waals surface area contributed by atoms with Crippen LogP contribution in [-0.4, -0.2) is 47.6 Å². The number of rotatable bonds is 9. The van der Waals surface area contributed by atoms with Gasteiger partial charge in [0.1, 0.15) is 5.75 Å². The number of aromatic hydroxyl groups is 1. The van der Waals surface area contributed by atoms with Gasteiger partial charge in [-0.2, -0.15) is 10.1 Å². The van der Waals surface area contributed by atoms with Crippen molar-refractivity contribution in [1.82, 2.24) is 9.97 Å². The number of benzene rings is 3. The van der Waals surface area contributed by atoms with Crippen molar-refractivity contribution < 1.29 is 14.2 Å². The van der Waals surface area contributed by atoms with Crippen molar-refractivity contribution in [2.75, 3.05) is 41.9 Å². The smallest absolute Gasteiger partial charge is 0.245 e. The molecule has 0 aliphatic carbocycles. The lowest BCUT2D eigenvalue weighted by atomic mass is 9.97. The fourth-order valence-corrected chi connectivity index (χ4v) is 4.62. The summed E-state index contributed by atoms with van der Waals surface area (Å²) in [5.74, 6) is 0.700. The zero-order valence-corrected chi connectivity index (χ0v) is 22.6. The molecule has 1 aromatic heterocycles. The number of phenols is 1. The third-order valence-electron chi connectivity index (χ3n) is 6.51. The number of hydrogen-bond acceptors (Lipinski definition) is 8. The fraction of sp³-hybridized carbons (Fsp3) is 0.258. The summed E-state index contributed by atoms with van der Waals surface area (Å²) in [5.41, 5.74) is 8.83. The van der Waals surface area contributed by atoms with Crippen LogP contribution in [0, 0.1) is 11.7 Å². The van der Waals surface area contributed by atoms with Crippen LogP contribution >= 0.6 is 0 Å². The lowest BCUT2D eigenvalue weighted by molar-refractivity contribution is 0.122. The van der Waals surface area contributed by atoms with Crippen LogP contribution in [0.3, 0.4) is 0 Å². The molecule has 9 heteroatoms. The summed E-state index contributed by atoms with van der Waals surface area (Å²) < 4.78 is 19.7. The van der Waals surface area contributed by atoms with Crippen molar-refractivity contribution in [2.24, 2.45) is 11.0 Å². The summed E-state index contributed by atoms with van der Waals surface area (Å²) in [4.78, 5) is 10.2. The molecule has 3 N–H and O–H groups in total. The van der Waals surface area contributed by atoms with Gasteiger partial charge in [-0.25, -0.2) is 14.8 Å². The van der Waals surface area contributed by atoms with E-state index in [0.29, 0.717) is 32.2 Å². The van der Waals surface area contributed by atoms with Crippen molar-refractivity contribution in [2.45, 2.75) is 20.3 Å². The van der Waals surface area contributed by atoms with Crippen molar-refractivity contribution >= 4 is 29.4 Å². The minimum atomic E-state index is -0.466. The molecule has 0 atom stereocenters. The minimum Gasteiger partial charge on any atom is -0.508 e. The molecule has 1 aliphatic heterocycles. The van der Waals surface area contributed by atoms with Crippen LogP contribution in [0.15, 0.2) is 78.0 Å². The molecule has 5 rings (SSSR count). The molecule has 3 aromatic carbocycles. The maximum atomic E-state index is 14.3. The number of morpholine rings is 1. The summed E-state index contributed by atoms with van der Waals surface area (Å²) >= 11 is 0. The maximum Gasteiger partial charge on any atom is 0.245 e. The van der Waals surface area contributed by atoms with Crippen molar-refractivity contribution in [3.8, 4) is 16.9 Å². The normalized spacial score (nSPS) is 13.7. The largest absolute Gasteiger partial charge is 0.508 e. The van der Waals surface area contributed by atoms with Gasteiger partial charge in [0.25, 0.3) is 0 Å². The van der Waals surface area contributed by atoms with Gasteiger partial charge in [0.05, 0.1) is 25.6 Å². The maximum absolute atomic E-state index is 14.3. The molecule has 206 valence electrons. The second-order valence-corrected chi connectivity index (χ2v) is 10.1. The van der Waals surface area contributed by atoms with E-state index in [1.807, 2.05) is 47.4 Å². The highest BCUT2D eigenvalue weighted by Crippen LogP contribution is 2.28. The Hall–Kier alpha value is -4.50. The first-order chi connectivity index (χ1) is 19.4. The SMILES string of the molecule is CC(C)Cc1cc(Nc2cccc(-c3cccc(O)c3)c2)ccc1/C=N/Nc1ncc(F)c(N2CCOCC2)n1. The van der Waals surface area contributed by atoms with E-state index in [9.17, 15) is 9.50 Å². The van der Waals surface area contributed by atoms with Crippen LogP contribution in [0.1, 0.15) is 25.0 Å². The summed E-state index contributed by atoms with van der Waals surface area (Å²) in [6.45, 7) is 6.59. The number of hydrogen-bond donors (Lipinski definition) is 3. The summed E-state index contributed by atoms with van der Waals surface area (Å²) in [7, 11) is 0. The Morgan fingerprint density at radius 2 is 1.77 bits per heavy atom. The molecule has 0 unspecified atom stereocenters. The second-order valence-electron chi connectivity index (χ2n) is 10.1. The molecule has 8 nitrogen and oxygen atoms in total. The van der Waals surface area contributed by atoms with E-state index in [4.69, 9.17) is 4.74 Å². The topological polar surface area (TPSA) is 94.9 Å². The number of anilines is 4. The Bertz CT molecular complexity index is 1490. The summed E-state index contributed by atoms with van der Waals surface area (Å²) in [6.07, 6.45) is 3.77. The van der Waals surface area contributed by atoms with Gasteiger partial charge in [0.2, 0.25) is 5.95 Å². The van der Waals surface area contributed by atoms with Crippen molar-refractivity contribution in [3.63, 3.8) is 0 Å². The molecule has 1 saturated heterocycles. The average molecular weight is 541 g/mol. The number of aromatic nitrogens is 2. The standard InChI is InChI=1S/C31H33FN6O2/c1-21(2)15-25-17-27(35-26-7-3-5-22(16-26)23-6-4-8-28(39)18-23)10-9-24(25)19-34-37-31-33-20-29(32)30(36-31)38-11-13-40-14-12-38/h3-10,16-21,35,39H,11-15H2,1-2H3,(H,33,36,37)/b34-19+. The molecule has 1 fully saturated rings. The number of halogens is 1. The van der Waals surface area contributed by atoms with Crippen molar-refractivity contribution in [3.05, 3.63) is 89.9 Å². The number of nitrogens with one attached hydrogen (secondary N) is 2. The van der Waals surface area contributed by atoms with Crippen LogP contribution in [0.5, 0.6) is 5.75 Å². The van der Waals surface area contributed by atoms with E-state index < -0.39 is 5.82 Å². The quantitative estimate of drug-likeness (QED) is 0.172. The molecule has 0 amide bonds. The lowest BCUT2D eigenvalue weighted by Gasteiger charge is -2.27. The number of hydrazone groups is 1. The molecular weight excluding hydrogens is 507 g/mol. The zero-order valence-electron chi connectivity index (χ0n) is 22.6. The van der Waals surface area contributed by atoms with Crippen LogP contribution < -0.4 is 15.6 Å². The fourth-order valence-electron chi connectivity index (χ4n) is 4.62. The van der Waals surface area contributed by atoms with E-state index in [-0.39, 0.29) is 17.5 Å². The summed E-state index contributed by atoms with van der Waals surface area (Å²) in [5, 5.41) is 17.7. The van der Waals surface area contributed by atoms with Gasteiger partial charge in [-0.15, -0.1) is 0 Å². The number of phenolic OH excluding ortho intramolecular Hbond substituents is 1. The molecule has 0 radical (unpaired) electrons. The Morgan fingerprint density at radius 3 is 2.55 bits per heavy atom.